The van der Waals surface area contributed by atoms with Crippen LogP contribution in [0.4, 0.5) is 15.8 Å². The number of carbonyl (C=O) groups excluding carboxylic acids is 2. The van der Waals surface area contributed by atoms with Crippen LogP contribution in [0.3, 0.4) is 0 Å². The van der Waals surface area contributed by atoms with Crippen molar-refractivity contribution in [3.8, 4) is 0 Å². The number of halogens is 1. The van der Waals surface area contributed by atoms with Crippen molar-refractivity contribution in [2.24, 2.45) is 0 Å². The fourth-order valence-electron chi connectivity index (χ4n) is 5.79. The van der Waals surface area contributed by atoms with Crippen LogP contribution in [0.15, 0.2) is 107 Å². The lowest BCUT2D eigenvalue weighted by molar-refractivity contribution is -0.114. The number of aryl methyl sites for hydroxylation is 1. The van der Waals surface area contributed by atoms with Gasteiger partial charge in [0.05, 0.1) is 22.8 Å². The molecule has 230 valence electrons. The van der Waals surface area contributed by atoms with Gasteiger partial charge in [-0.25, -0.2) is 4.39 Å². The molecule has 1 fully saturated rings. The first kappa shape index (κ1) is 30.6. The molecule has 0 unspecified atom stereocenters. The zero-order chi connectivity index (χ0) is 31.2. The van der Waals surface area contributed by atoms with Gasteiger partial charge in [0.25, 0.3) is 11.8 Å². The number of nitrogens with one attached hydrogen (secondary N) is 1. The summed E-state index contributed by atoms with van der Waals surface area (Å²) >= 11 is 1.48. The van der Waals surface area contributed by atoms with Crippen molar-refractivity contribution in [2.75, 3.05) is 49.1 Å². The van der Waals surface area contributed by atoms with Crippen LogP contribution in [0.2, 0.25) is 0 Å². The highest BCUT2D eigenvalue weighted by Gasteiger charge is 2.29. The van der Waals surface area contributed by atoms with Gasteiger partial charge in [-0.3, -0.25) is 14.5 Å². The number of nitrogens with zero attached hydrogens (tertiary/aromatic N) is 3. The van der Waals surface area contributed by atoms with Gasteiger partial charge in [-0.2, -0.15) is 0 Å². The molecule has 4 aromatic carbocycles. The number of piperazine rings is 1. The van der Waals surface area contributed by atoms with Crippen molar-refractivity contribution in [3.05, 3.63) is 130 Å². The van der Waals surface area contributed by atoms with Crippen molar-refractivity contribution in [2.45, 2.75) is 24.8 Å². The number of fused-ring (bicyclic) bond motifs is 1. The fraction of sp³-hybridized carbons (Fsp3) is 0.243. The standard InChI is InChI=1S/C37H37FN4O2S/c1-27-9-2-3-10-30(27)26-42-33-13-6-7-14-34(33)45-35(37(42)44)25-28-15-17-29(18-16-28)36(43)39-19-8-20-40-21-23-41(24-22-40)32-12-5-4-11-31(32)38/h2-7,9-18,25H,8,19-24,26H2,1H3,(H,39,43)/b35-25+. The molecule has 2 amide bonds. The predicted molar refractivity (Wildman–Crippen MR) is 181 cm³/mol. The summed E-state index contributed by atoms with van der Waals surface area (Å²) in [5, 5.41) is 3.03. The van der Waals surface area contributed by atoms with Crippen molar-refractivity contribution in [3.63, 3.8) is 0 Å². The molecule has 0 atom stereocenters. The van der Waals surface area contributed by atoms with Crippen LogP contribution in [0.1, 0.15) is 33.5 Å². The number of anilines is 2. The second-order valence-electron chi connectivity index (χ2n) is 11.4. The lowest BCUT2D eigenvalue weighted by atomic mass is 10.1. The maximum absolute atomic E-state index is 14.1. The number of para-hydroxylation sites is 2. The molecule has 2 aliphatic heterocycles. The fourth-order valence-corrected chi connectivity index (χ4v) is 6.85. The molecule has 0 aromatic heterocycles. The van der Waals surface area contributed by atoms with Crippen LogP contribution >= 0.6 is 11.8 Å². The Kier molecular flexibility index (Phi) is 9.62. The second-order valence-corrected chi connectivity index (χ2v) is 12.5. The maximum Gasteiger partial charge on any atom is 0.265 e. The average molecular weight is 621 g/mol. The summed E-state index contributed by atoms with van der Waals surface area (Å²) in [7, 11) is 0. The summed E-state index contributed by atoms with van der Waals surface area (Å²) in [6, 6.07) is 30.5. The minimum Gasteiger partial charge on any atom is -0.367 e. The van der Waals surface area contributed by atoms with E-state index in [1.807, 2.05) is 71.6 Å². The summed E-state index contributed by atoms with van der Waals surface area (Å²) < 4.78 is 14.1. The third-order valence-electron chi connectivity index (χ3n) is 8.39. The van der Waals surface area contributed by atoms with Gasteiger partial charge >= 0.3 is 0 Å². The Bertz CT molecular complexity index is 1700. The van der Waals surface area contributed by atoms with E-state index in [1.54, 1.807) is 18.2 Å². The van der Waals surface area contributed by atoms with Crippen molar-refractivity contribution < 1.29 is 14.0 Å². The van der Waals surface area contributed by atoms with E-state index in [4.69, 9.17) is 0 Å². The molecule has 0 bridgehead atoms. The highest BCUT2D eigenvalue weighted by atomic mass is 32.2. The van der Waals surface area contributed by atoms with Crippen LogP contribution in [0.25, 0.3) is 6.08 Å². The molecular formula is C37H37FN4O2S. The van der Waals surface area contributed by atoms with E-state index in [1.165, 1.54) is 17.8 Å². The molecule has 45 heavy (non-hydrogen) atoms. The van der Waals surface area contributed by atoms with Gasteiger partial charge < -0.3 is 15.1 Å². The number of benzene rings is 4. The first-order valence-corrected chi connectivity index (χ1v) is 16.2. The summed E-state index contributed by atoms with van der Waals surface area (Å²) in [5.74, 6) is -0.316. The lowest BCUT2D eigenvalue weighted by Crippen LogP contribution is -2.47. The molecule has 2 aliphatic rings. The van der Waals surface area contributed by atoms with Gasteiger partial charge in [0.1, 0.15) is 5.82 Å². The summed E-state index contributed by atoms with van der Waals surface area (Å²) in [6.07, 6.45) is 2.75. The molecule has 0 aliphatic carbocycles. The van der Waals surface area contributed by atoms with Crippen LogP contribution in [0.5, 0.6) is 0 Å². The normalized spacial score (nSPS) is 16.1. The molecule has 0 spiro atoms. The van der Waals surface area contributed by atoms with Gasteiger partial charge in [-0.1, -0.05) is 72.4 Å². The molecule has 0 saturated carbocycles. The molecular weight excluding hydrogens is 583 g/mol. The molecule has 8 heteroatoms. The van der Waals surface area contributed by atoms with E-state index in [0.29, 0.717) is 29.2 Å². The Morgan fingerprint density at radius 3 is 2.31 bits per heavy atom. The van der Waals surface area contributed by atoms with E-state index in [2.05, 4.69) is 34.2 Å². The number of hydrogen-bond acceptors (Lipinski definition) is 5. The summed E-state index contributed by atoms with van der Waals surface area (Å²) in [5.41, 5.74) is 5.31. The Hall–Kier alpha value is -4.40. The minimum absolute atomic E-state index is 0.0302. The molecule has 6 rings (SSSR count). The highest BCUT2D eigenvalue weighted by molar-refractivity contribution is 8.04. The Morgan fingerprint density at radius 1 is 0.867 bits per heavy atom. The molecule has 2 heterocycles. The summed E-state index contributed by atoms with van der Waals surface area (Å²) in [4.78, 5) is 34.5. The minimum atomic E-state index is -0.175. The van der Waals surface area contributed by atoms with E-state index in [-0.39, 0.29) is 17.6 Å². The van der Waals surface area contributed by atoms with Gasteiger partial charge in [-0.15, -0.1) is 0 Å². The van der Waals surface area contributed by atoms with Crippen LogP contribution in [-0.4, -0.2) is 56.0 Å². The van der Waals surface area contributed by atoms with Gasteiger partial charge in [0.15, 0.2) is 0 Å². The van der Waals surface area contributed by atoms with Gasteiger partial charge in [0.2, 0.25) is 0 Å². The van der Waals surface area contributed by atoms with Gasteiger partial charge in [0, 0.05) is 43.2 Å². The van der Waals surface area contributed by atoms with Crippen molar-refractivity contribution in [1.29, 1.82) is 0 Å². The number of amides is 2. The van der Waals surface area contributed by atoms with E-state index >= 15 is 0 Å². The quantitative estimate of drug-likeness (QED) is 0.166. The predicted octanol–water partition coefficient (Wildman–Crippen LogP) is 6.76. The molecule has 1 N–H and O–H groups in total. The lowest BCUT2D eigenvalue weighted by Gasteiger charge is -2.36. The number of thioether (sulfide) groups is 1. The van der Waals surface area contributed by atoms with Crippen LogP contribution in [-0.2, 0) is 11.3 Å². The monoisotopic (exact) mass is 620 g/mol. The first-order valence-electron chi connectivity index (χ1n) is 15.4. The topological polar surface area (TPSA) is 55.9 Å². The third kappa shape index (κ3) is 7.30. The molecule has 1 saturated heterocycles. The molecule has 6 nitrogen and oxygen atoms in total. The number of rotatable bonds is 9. The smallest absolute Gasteiger partial charge is 0.265 e. The summed E-state index contributed by atoms with van der Waals surface area (Å²) in [6.45, 7) is 7.35. The first-order chi connectivity index (χ1) is 22.0. The third-order valence-corrected chi connectivity index (χ3v) is 9.47. The zero-order valence-electron chi connectivity index (χ0n) is 25.4. The van der Waals surface area contributed by atoms with E-state index < -0.39 is 0 Å². The largest absolute Gasteiger partial charge is 0.367 e. The second kappa shape index (κ2) is 14.1. The SMILES string of the molecule is Cc1ccccc1CN1C(=O)/C(=C\c2ccc(C(=O)NCCCN3CCN(c4ccccc4F)CC3)cc2)Sc2ccccc21. The Labute approximate surface area is 268 Å². The Balaban J connectivity index is 1.02. The van der Waals surface area contributed by atoms with Crippen LogP contribution in [0, 0.1) is 12.7 Å². The van der Waals surface area contributed by atoms with Crippen LogP contribution < -0.4 is 15.1 Å². The van der Waals surface area contributed by atoms with Crippen molar-refractivity contribution >= 4 is 41.0 Å². The maximum atomic E-state index is 14.1. The van der Waals surface area contributed by atoms with Gasteiger partial charge in [-0.05, 0) is 79.1 Å². The molecule has 4 aromatic rings. The van der Waals surface area contributed by atoms with Crippen molar-refractivity contribution in [1.82, 2.24) is 10.2 Å². The highest BCUT2D eigenvalue weighted by Crippen LogP contribution is 2.42. The Morgan fingerprint density at radius 2 is 1.56 bits per heavy atom. The average Bonchev–Trinajstić information content (AvgIpc) is 3.06. The molecule has 0 radical (unpaired) electrons. The number of carbonyl (C=O) groups is 2. The zero-order valence-corrected chi connectivity index (χ0v) is 26.2. The van der Waals surface area contributed by atoms with E-state index in [0.717, 1.165) is 66.4 Å². The van der Waals surface area contributed by atoms with E-state index in [9.17, 15) is 14.0 Å². The number of hydrogen-bond donors (Lipinski definition) is 1.